The van der Waals surface area contributed by atoms with Crippen LogP contribution in [0, 0.1) is 0 Å². The summed E-state index contributed by atoms with van der Waals surface area (Å²) >= 11 is 0. The second kappa shape index (κ2) is 9.37. The van der Waals surface area contributed by atoms with Crippen LogP contribution in [-0.2, 0) is 10.9 Å². The average Bonchev–Trinajstić information content (AvgIpc) is 2.61. The maximum absolute atomic E-state index is 12.9. The fourth-order valence-corrected chi connectivity index (χ4v) is 3.74. The summed E-state index contributed by atoms with van der Waals surface area (Å²) in [6.07, 6.45) is -1.76. The molecule has 1 unspecified atom stereocenters. The molecule has 1 aromatic rings. The first-order valence-electron chi connectivity index (χ1n) is 10.3. The molecule has 0 aromatic heterocycles. The zero-order chi connectivity index (χ0) is 21.8. The summed E-state index contributed by atoms with van der Waals surface area (Å²) in [5, 5.41) is 0. The summed E-state index contributed by atoms with van der Waals surface area (Å²) in [4.78, 5) is 16.4. The molecule has 0 saturated carbocycles. The molecule has 2 atom stereocenters. The smallest absolute Gasteiger partial charge is 0.416 e. The van der Waals surface area contributed by atoms with Crippen molar-refractivity contribution in [1.29, 1.82) is 0 Å². The highest BCUT2D eigenvalue weighted by atomic mass is 19.4. The van der Waals surface area contributed by atoms with Crippen molar-refractivity contribution in [3.8, 4) is 0 Å². The Morgan fingerprint density at radius 2 is 1.79 bits per heavy atom. The van der Waals surface area contributed by atoms with Gasteiger partial charge in [-0.1, -0.05) is 31.9 Å². The third-order valence-electron chi connectivity index (χ3n) is 5.18. The standard InChI is InChI=1S/C22H33F3N2O2/c1-6-7-8-19(17-9-11-18(12-10-17)22(23,24)25)27-14-13-26(15-16(27)2)20(28)29-21(3,4)5/h9-12,16,19H,6-8,13-15H2,1-5H3/t16-,19?/m0/s1. The number of carbonyl (C=O) groups excluding carboxylic acids is 1. The highest BCUT2D eigenvalue weighted by Crippen LogP contribution is 2.34. The molecule has 0 radical (unpaired) electrons. The molecule has 4 nitrogen and oxygen atoms in total. The second-order valence-corrected chi connectivity index (χ2v) is 8.79. The molecule has 29 heavy (non-hydrogen) atoms. The van der Waals surface area contributed by atoms with E-state index in [4.69, 9.17) is 4.74 Å². The van der Waals surface area contributed by atoms with Gasteiger partial charge in [0.15, 0.2) is 0 Å². The zero-order valence-electron chi connectivity index (χ0n) is 18.1. The lowest BCUT2D eigenvalue weighted by molar-refractivity contribution is -0.137. The number of piperazine rings is 1. The van der Waals surface area contributed by atoms with Crippen LogP contribution in [0.25, 0.3) is 0 Å². The van der Waals surface area contributed by atoms with Gasteiger partial charge in [0.1, 0.15) is 5.60 Å². The molecule has 164 valence electrons. The number of unbranched alkanes of at least 4 members (excludes halogenated alkanes) is 1. The predicted octanol–water partition coefficient (Wildman–Crippen LogP) is 5.88. The number of ether oxygens (including phenoxy) is 1. The number of hydrogen-bond acceptors (Lipinski definition) is 3. The maximum Gasteiger partial charge on any atom is 0.416 e. The van der Waals surface area contributed by atoms with Crippen molar-refractivity contribution in [3.05, 3.63) is 35.4 Å². The lowest BCUT2D eigenvalue weighted by Gasteiger charge is -2.44. The monoisotopic (exact) mass is 414 g/mol. The first-order valence-corrected chi connectivity index (χ1v) is 10.3. The number of hydrogen-bond donors (Lipinski definition) is 0. The lowest BCUT2D eigenvalue weighted by Crippen LogP contribution is -2.55. The minimum Gasteiger partial charge on any atom is -0.444 e. The van der Waals surface area contributed by atoms with E-state index in [-0.39, 0.29) is 18.2 Å². The number of halogens is 3. The van der Waals surface area contributed by atoms with E-state index in [9.17, 15) is 18.0 Å². The Labute approximate surface area is 172 Å². The largest absolute Gasteiger partial charge is 0.444 e. The summed E-state index contributed by atoms with van der Waals surface area (Å²) in [7, 11) is 0. The summed E-state index contributed by atoms with van der Waals surface area (Å²) in [5.74, 6) is 0. The third-order valence-corrected chi connectivity index (χ3v) is 5.18. The Kier molecular flexibility index (Phi) is 7.60. The fraction of sp³-hybridized carbons (Fsp3) is 0.682. The molecule has 1 aromatic carbocycles. The number of alkyl halides is 3. The lowest BCUT2D eigenvalue weighted by atomic mass is 9.96. The molecule has 1 aliphatic rings. The van der Waals surface area contributed by atoms with E-state index in [1.165, 1.54) is 0 Å². The van der Waals surface area contributed by atoms with E-state index in [0.29, 0.717) is 19.6 Å². The van der Waals surface area contributed by atoms with E-state index >= 15 is 0 Å². The Morgan fingerprint density at radius 3 is 2.28 bits per heavy atom. The molecule has 1 fully saturated rings. The number of carbonyl (C=O) groups is 1. The van der Waals surface area contributed by atoms with E-state index in [1.807, 2.05) is 20.8 Å². The summed E-state index contributed by atoms with van der Waals surface area (Å²) in [6, 6.07) is 5.63. The molecule has 2 rings (SSSR count). The molecular formula is C22H33F3N2O2. The third kappa shape index (κ3) is 6.63. The summed E-state index contributed by atoms with van der Waals surface area (Å²) in [5.41, 5.74) is -0.274. The van der Waals surface area contributed by atoms with Crippen LogP contribution in [0.15, 0.2) is 24.3 Å². The number of amides is 1. The van der Waals surface area contributed by atoms with Gasteiger partial charge in [0, 0.05) is 31.7 Å². The summed E-state index contributed by atoms with van der Waals surface area (Å²) < 4.78 is 44.2. The number of nitrogens with zero attached hydrogens (tertiary/aromatic N) is 2. The van der Waals surface area contributed by atoms with Crippen LogP contribution < -0.4 is 0 Å². The van der Waals surface area contributed by atoms with Crippen molar-refractivity contribution in [3.63, 3.8) is 0 Å². The predicted molar refractivity (Wildman–Crippen MR) is 108 cm³/mol. The molecule has 7 heteroatoms. The van der Waals surface area contributed by atoms with Gasteiger partial charge in [-0.05, 0) is 51.8 Å². The van der Waals surface area contributed by atoms with E-state index in [1.54, 1.807) is 17.0 Å². The average molecular weight is 415 g/mol. The van der Waals surface area contributed by atoms with Gasteiger partial charge in [-0.15, -0.1) is 0 Å². The highest BCUT2D eigenvalue weighted by molar-refractivity contribution is 5.68. The van der Waals surface area contributed by atoms with Gasteiger partial charge >= 0.3 is 12.3 Å². The minimum absolute atomic E-state index is 0.0352. The van der Waals surface area contributed by atoms with Crippen molar-refractivity contribution in [2.45, 2.75) is 77.7 Å². The molecule has 1 amide bonds. The minimum atomic E-state index is -4.33. The first-order chi connectivity index (χ1) is 13.4. The van der Waals surface area contributed by atoms with E-state index in [0.717, 1.165) is 37.0 Å². The van der Waals surface area contributed by atoms with Crippen molar-refractivity contribution in [2.75, 3.05) is 19.6 Å². The number of rotatable bonds is 5. The highest BCUT2D eigenvalue weighted by Gasteiger charge is 2.34. The van der Waals surface area contributed by atoms with Crippen LogP contribution in [0.3, 0.4) is 0 Å². The van der Waals surface area contributed by atoms with Crippen molar-refractivity contribution in [1.82, 2.24) is 9.80 Å². The van der Waals surface area contributed by atoms with Crippen molar-refractivity contribution in [2.24, 2.45) is 0 Å². The van der Waals surface area contributed by atoms with Gasteiger partial charge in [-0.3, -0.25) is 4.90 Å². The van der Waals surface area contributed by atoms with E-state index in [2.05, 4.69) is 18.7 Å². The molecular weight excluding hydrogens is 381 g/mol. The first kappa shape index (κ1) is 23.5. The van der Waals surface area contributed by atoms with Gasteiger partial charge in [0.05, 0.1) is 5.56 Å². The van der Waals surface area contributed by atoms with Gasteiger partial charge in [0.25, 0.3) is 0 Å². The van der Waals surface area contributed by atoms with Crippen molar-refractivity contribution < 1.29 is 22.7 Å². The molecule has 0 N–H and O–H groups in total. The van der Waals surface area contributed by atoms with Gasteiger partial charge < -0.3 is 9.64 Å². The van der Waals surface area contributed by atoms with E-state index < -0.39 is 17.3 Å². The Balaban J connectivity index is 2.14. The van der Waals surface area contributed by atoms with Crippen LogP contribution in [0.1, 0.15) is 71.0 Å². The zero-order valence-corrected chi connectivity index (χ0v) is 18.1. The molecule has 1 aliphatic heterocycles. The molecule has 0 aliphatic carbocycles. The quantitative estimate of drug-likeness (QED) is 0.603. The topological polar surface area (TPSA) is 32.8 Å². The molecule has 0 spiro atoms. The SMILES string of the molecule is CCCCC(c1ccc(C(F)(F)F)cc1)N1CCN(C(=O)OC(C)(C)C)C[C@@H]1C. The summed E-state index contributed by atoms with van der Waals surface area (Å²) in [6.45, 7) is 11.4. The molecule has 1 heterocycles. The molecule has 1 saturated heterocycles. The second-order valence-electron chi connectivity index (χ2n) is 8.79. The van der Waals surface area contributed by atoms with Crippen LogP contribution in [0.4, 0.5) is 18.0 Å². The maximum atomic E-state index is 12.9. The van der Waals surface area contributed by atoms with Crippen molar-refractivity contribution >= 4 is 6.09 Å². The van der Waals surface area contributed by atoms with Gasteiger partial charge in [-0.2, -0.15) is 13.2 Å². The fourth-order valence-electron chi connectivity index (χ4n) is 3.74. The molecule has 0 bridgehead atoms. The Morgan fingerprint density at radius 1 is 1.17 bits per heavy atom. The normalized spacial score (nSPS) is 19.9. The van der Waals surface area contributed by atoms with Crippen LogP contribution in [-0.4, -0.2) is 47.2 Å². The van der Waals surface area contributed by atoms with Crippen LogP contribution >= 0.6 is 0 Å². The number of benzene rings is 1. The van der Waals surface area contributed by atoms with Gasteiger partial charge in [0.2, 0.25) is 0 Å². The Bertz CT molecular complexity index is 668. The van der Waals surface area contributed by atoms with Gasteiger partial charge in [-0.25, -0.2) is 4.79 Å². The Hall–Kier alpha value is -1.76. The van der Waals surface area contributed by atoms with Crippen LogP contribution in [0.5, 0.6) is 0 Å². The van der Waals surface area contributed by atoms with Crippen LogP contribution in [0.2, 0.25) is 0 Å².